The van der Waals surface area contributed by atoms with Crippen molar-refractivity contribution in [2.45, 2.75) is 43.2 Å². The van der Waals surface area contributed by atoms with Crippen LogP contribution in [0.25, 0.3) is 0 Å². The molecule has 142 valence electrons. The molecule has 2 aromatic rings. The van der Waals surface area contributed by atoms with Gasteiger partial charge in [-0.15, -0.1) is 0 Å². The molecule has 0 aliphatic carbocycles. The summed E-state index contributed by atoms with van der Waals surface area (Å²) in [4.78, 5) is 0.363. The molecule has 2 aromatic carbocycles. The van der Waals surface area contributed by atoms with Gasteiger partial charge >= 0.3 is 0 Å². The van der Waals surface area contributed by atoms with Crippen LogP contribution in [0.3, 0.4) is 0 Å². The normalized spacial score (nSPS) is 23.7. The second-order valence-corrected chi connectivity index (χ2v) is 9.20. The first-order chi connectivity index (χ1) is 13.1. The van der Waals surface area contributed by atoms with E-state index >= 15 is 0 Å². The van der Waals surface area contributed by atoms with Gasteiger partial charge in [0.2, 0.25) is 10.0 Å². The summed E-state index contributed by atoms with van der Waals surface area (Å²) in [5.41, 5.74) is 2.31. The van der Waals surface area contributed by atoms with E-state index < -0.39 is 10.0 Å². The lowest BCUT2D eigenvalue weighted by atomic mass is 10.1. The number of rotatable bonds is 5. The molecule has 0 aromatic heterocycles. The molecule has 2 fully saturated rings. The Bertz CT molecular complexity index is 910. The Balaban J connectivity index is 1.49. The Morgan fingerprint density at radius 2 is 1.78 bits per heavy atom. The highest BCUT2D eigenvalue weighted by Gasteiger charge is 2.36. The summed E-state index contributed by atoms with van der Waals surface area (Å²) in [5, 5.41) is 6.61. The Labute approximate surface area is 161 Å². The number of hydrogen-bond donors (Lipinski definition) is 0. The van der Waals surface area contributed by atoms with Crippen molar-refractivity contribution in [1.29, 1.82) is 0 Å². The van der Waals surface area contributed by atoms with Gasteiger partial charge in [0, 0.05) is 12.8 Å². The van der Waals surface area contributed by atoms with E-state index in [0.29, 0.717) is 17.5 Å². The van der Waals surface area contributed by atoms with E-state index in [4.69, 9.17) is 0 Å². The van der Waals surface area contributed by atoms with E-state index in [1.165, 1.54) is 5.56 Å². The van der Waals surface area contributed by atoms with Crippen LogP contribution in [0.4, 0.5) is 0 Å². The van der Waals surface area contributed by atoms with Crippen LogP contribution < -0.4 is 0 Å². The van der Waals surface area contributed by atoms with Crippen molar-refractivity contribution in [3.63, 3.8) is 0 Å². The second kappa shape index (κ2) is 7.44. The standard InChI is InChI=1S/C21H25N3O2S/c1-17-10-12-20(13-11-17)27(25,26)24-14-6-5-9-19(24)15-22-23-16-21(23)18-7-3-2-4-8-18/h2-4,7-8,10-13,15,19,21H,5-6,9,14,16H2,1H3/b22-15+. The zero-order valence-electron chi connectivity index (χ0n) is 15.5. The SMILES string of the molecule is Cc1ccc(S(=O)(=O)N2CCCCC2/C=N/N2CC2c2ccccc2)cc1. The highest BCUT2D eigenvalue weighted by atomic mass is 32.2. The quantitative estimate of drug-likeness (QED) is 0.586. The van der Waals surface area contributed by atoms with Crippen molar-refractivity contribution >= 4 is 16.2 Å². The van der Waals surface area contributed by atoms with Crippen molar-refractivity contribution in [2.24, 2.45) is 5.10 Å². The van der Waals surface area contributed by atoms with E-state index in [1.54, 1.807) is 16.4 Å². The van der Waals surface area contributed by atoms with Crippen LogP contribution in [0.2, 0.25) is 0 Å². The van der Waals surface area contributed by atoms with Gasteiger partial charge < -0.3 is 0 Å². The van der Waals surface area contributed by atoms with Crippen LogP contribution in [0.1, 0.15) is 36.4 Å². The summed E-state index contributed by atoms with van der Waals surface area (Å²) < 4.78 is 27.8. The van der Waals surface area contributed by atoms with Gasteiger partial charge in [-0.2, -0.15) is 9.41 Å². The Morgan fingerprint density at radius 3 is 2.52 bits per heavy atom. The lowest BCUT2D eigenvalue weighted by Crippen LogP contribution is -2.44. The Morgan fingerprint density at radius 1 is 1.04 bits per heavy atom. The minimum atomic E-state index is -3.50. The molecule has 0 amide bonds. The summed E-state index contributed by atoms with van der Waals surface area (Å²) in [6.45, 7) is 3.40. The first-order valence-corrected chi connectivity index (χ1v) is 10.9. The number of sulfonamides is 1. The molecule has 2 aliphatic rings. The Hall–Kier alpha value is -2.18. The van der Waals surface area contributed by atoms with Crippen LogP contribution in [-0.2, 0) is 10.0 Å². The van der Waals surface area contributed by atoms with Gasteiger partial charge in [0.05, 0.1) is 23.5 Å². The molecule has 0 saturated carbocycles. The summed E-state index contributed by atoms with van der Waals surface area (Å²) in [5.74, 6) is 0. The molecule has 0 N–H and O–H groups in total. The molecular formula is C21H25N3O2S. The van der Waals surface area contributed by atoms with E-state index in [9.17, 15) is 8.42 Å². The molecule has 5 nitrogen and oxygen atoms in total. The average molecular weight is 384 g/mol. The largest absolute Gasteiger partial charge is 0.285 e. The monoisotopic (exact) mass is 383 g/mol. The molecule has 0 spiro atoms. The van der Waals surface area contributed by atoms with Crippen LogP contribution in [-0.4, -0.2) is 43.1 Å². The van der Waals surface area contributed by atoms with Crippen LogP contribution in [0, 0.1) is 6.92 Å². The van der Waals surface area contributed by atoms with Crippen molar-refractivity contribution in [2.75, 3.05) is 13.1 Å². The zero-order valence-corrected chi connectivity index (χ0v) is 16.3. The van der Waals surface area contributed by atoms with Crippen LogP contribution in [0.15, 0.2) is 64.6 Å². The molecule has 2 heterocycles. The lowest BCUT2D eigenvalue weighted by molar-refractivity contribution is 0.307. The number of hydrogen-bond acceptors (Lipinski definition) is 4. The topological polar surface area (TPSA) is 52.8 Å². The number of benzene rings is 2. The molecule has 2 atom stereocenters. The van der Waals surface area contributed by atoms with E-state index in [2.05, 4.69) is 17.2 Å². The molecule has 27 heavy (non-hydrogen) atoms. The van der Waals surface area contributed by atoms with Gasteiger partial charge in [-0.25, -0.2) is 8.42 Å². The molecule has 2 unspecified atom stereocenters. The first kappa shape index (κ1) is 18.2. The third-order valence-electron chi connectivity index (χ3n) is 5.28. The maximum atomic E-state index is 13.1. The maximum Gasteiger partial charge on any atom is 0.243 e. The highest BCUT2D eigenvalue weighted by molar-refractivity contribution is 7.89. The van der Waals surface area contributed by atoms with Crippen molar-refractivity contribution < 1.29 is 8.42 Å². The van der Waals surface area contributed by atoms with Gasteiger partial charge in [-0.3, -0.25) is 5.01 Å². The fourth-order valence-electron chi connectivity index (χ4n) is 3.60. The average Bonchev–Trinajstić information content (AvgIpc) is 3.47. The molecular weight excluding hydrogens is 358 g/mol. The van der Waals surface area contributed by atoms with E-state index in [-0.39, 0.29) is 6.04 Å². The molecule has 0 radical (unpaired) electrons. The van der Waals surface area contributed by atoms with Gasteiger partial charge in [0.15, 0.2) is 0 Å². The maximum absolute atomic E-state index is 13.1. The third kappa shape index (κ3) is 3.92. The predicted octanol–water partition coefficient (Wildman–Crippen LogP) is 3.58. The van der Waals surface area contributed by atoms with Gasteiger partial charge in [-0.05, 0) is 37.5 Å². The fraction of sp³-hybridized carbons (Fsp3) is 0.381. The number of aryl methyl sites for hydroxylation is 1. The number of piperidine rings is 1. The minimum absolute atomic E-state index is 0.179. The molecule has 2 aliphatic heterocycles. The van der Waals surface area contributed by atoms with Crippen molar-refractivity contribution in [1.82, 2.24) is 9.31 Å². The van der Waals surface area contributed by atoms with Crippen molar-refractivity contribution in [3.05, 3.63) is 65.7 Å². The molecule has 0 bridgehead atoms. The van der Waals surface area contributed by atoms with Gasteiger partial charge in [0.1, 0.15) is 0 Å². The molecule has 2 saturated heterocycles. The first-order valence-electron chi connectivity index (χ1n) is 9.50. The molecule has 4 rings (SSSR count). The summed E-state index contributed by atoms with van der Waals surface area (Å²) >= 11 is 0. The molecule has 6 heteroatoms. The summed E-state index contributed by atoms with van der Waals surface area (Å²) in [7, 11) is -3.50. The minimum Gasteiger partial charge on any atom is -0.285 e. The highest BCUT2D eigenvalue weighted by Crippen LogP contribution is 2.35. The smallest absolute Gasteiger partial charge is 0.243 e. The Kier molecular flexibility index (Phi) is 5.02. The predicted molar refractivity (Wildman–Crippen MR) is 107 cm³/mol. The van der Waals surface area contributed by atoms with Gasteiger partial charge in [0.25, 0.3) is 0 Å². The zero-order chi connectivity index (χ0) is 18.9. The summed E-state index contributed by atoms with van der Waals surface area (Å²) in [6.07, 6.45) is 4.57. The van der Waals surface area contributed by atoms with Gasteiger partial charge in [-0.1, -0.05) is 54.4 Å². The van der Waals surface area contributed by atoms with E-state index in [1.807, 2.05) is 48.5 Å². The van der Waals surface area contributed by atoms with Crippen LogP contribution in [0.5, 0.6) is 0 Å². The fourth-order valence-corrected chi connectivity index (χ4v) is 5.23. The third-order valence-corrected chi connectivity index (χ3v) is 7.22. The van der Waals surface area contributed by atoms with Crippen LogP contribution >= 0.6 is 0 Å². The van der Waals surface area contributed by atoms with Crippen molar-refractivity contribution in [3.8, 4) is 0 Å². The number of hydrazone groups is 1. The van der Waals surface area contributed by atoms with E-state index in [0.717, 1.165) is 31.4 Å². The number of nitrogens with zero attached hydrogens (tertiary/aromatic N) is 3. The lowest BCUT2D eigenvalue weighted by Gasteiger charge is -2.32. The second-order valence-electron chi connectivity index (χ2n) is 7.31. The summed E-state index contributed by atoms with van der Waals surface area (Å²) in [6, 6.07) is 17.5.